The van der Waals surface area contributed by atoms with Gasteiger partial charge in [0.25, 0.3) is 0 Å². The summed E-state index contributed by atoms with van der Waals surface area (Å²) in [6, 6.07) is 12.6. The Labute approximate surface area is 157 Å². The Morgan fingerprint density at radius 3 is 2.41 bits per heavy atom. The lowest BCUT2D eigenvalue weighted by atomic mass is 10.2. The van der Waals surface area contributed by atoms with Crippen molar-refractivity contribution in [1.29, 1.82) is 0 Å². The van der Waals surface area contributed by atoms with E-state index < -0.39 is 22.5 Å². The van der Waals surface area contributed by atoms with Crippen LogP contribution in [-0.4, -0.2) is 33.9 Å². The van der Waals surface area contributed by atoms with Crippen LogP contribution < -0.4 is 14.8 Å². The summed E-state index contributed by atoms with van der Waals surface area (Å²) >= 11 is 0. The number of rotatable bonds is 8. The first-order valence-electron chi connectivity index (χ1n) is 7.96. The van der Waals surface area contributed by atoms with E-state index in [-0.39, 0.29) is 17.4 Å². The number of hydrogen-bond acceptors (Lipinski definition) is 6. The van der Waals surface area contributed by atoms with Crippen LogP contribution in [0.15, 0.2) is 53.4 Å². The van der Waals surface area contributed by atoms with Crippen LogP contribution >= 0.6 is 0 Å². The summed E-state index contributed by atoms with van der Waals surface area (Å²) in [7, 11) is -2.35. The lowest BCUT2D eigenvalue weighted by molar-refractivity contribution is -0.143. The number of hydrogen-bond donors (Lipinski definition) is 2. The predicted octanol–water partition coefficient (Wildman–Crippen LogP) is 1.68. The monoisotopic (exact) mass is 392 g/mol. The van der Waals surface area contributed by atoms with Gasteiger partial charge in [-0.3, -0.25) is 9.59 Å². The number of benzene rings is 2. The van der Waals surface area contributed by atoms with Gasteiger partial charge in [0, 0.05) is 12.6 Å². The second-order valence-corrected chi connectivity index (χ2v) is 7.31. The predicted molar refractivity (Wildman–Crippen MR) is 98.7 cm³/mol. The quantitative estimate of drug-likeness (QED) is 0.661. The lowest BCUT2D eigenvalue weighted by Gasteiger charge is -2.09. The van der Waals surface area contributed by atoms with E-state index in [1.165, 1.54) is 38.3 Å². The molecule has 1 amide bonds. The van der Waals surface area contributed by atoms with Crippen LogP contribution in [0.4, 0.5) is 5.69 Å². The van der Waals surface area contributed by atoms with Crippen molar-refractivity contribution < 1.29 is 27.5 Å². The van der Waals surface area contributed by atoms with Gasteiger partial charge in [0.1, 0.15) is 18.9 Å². The molecule has 9 heteroatoms. The van der Waals surface area contributed by atoms with Crippen LogP contribution in [0.25, 0.3) is 0 Å². The van der Waals surface area contributed by atoms with E-state index in [1.807, 2.05) is 0 Å². The Morgan fingerprint density at radius 2 is 1.78 bits per heavy atom. The summed E-state index contributed by atoms with van der Waals surface area (Å²) in [5.41, 5.74) is 1.19. The molecule has 0 unspecified atom stereocenters. The van der Waals surface area contributed by atoms with Crippen LogP contribution in [0.2, 0.25) is 0 Å². The molecule has 0 saturated carbocycles. The highest BCUT2D eigenvalue weighted by Gasteiger charge is 2.16. The zero-order chi connectivity index (χ0) is 19.9. The van der Waals surface area contributed by atoms with Crippen molar-refractivity contribution >= 4 is 27.6 Å². The van der Waals surface area contributed by atoms with E-state index in [0.29, 0.717) is 11.4 Å². The fraction of sp³-hybridized carbons (Fsp3) is 0.222. The largest absolute Gasteiger partial charge is 0.497 e. The fourth-order valence-corrected chi connectivity index (χ4v) is 3.10. The van der Waals surface area contributed by atoms with E-state index in [0.717, 1.165) is 5.56 Å². The summed E-state index contributed by atoms with van der Waals surface area (Å²) < 4.78 is 36.7. The maximum atomic E-state index is 12.2. The minimum Gasteiger partial charge on any atom is -0.497 e. The average Bonchev–Trinajstić information content (AvgIpc) is 2.65. The molecule has 0 bridgehead atoms. The van der Waals surface area contributed by atoms with Gasteiger partial charge in [0.2, 0.25) is 15.9 Å². The smallest absolute Gasteiger partial charge is 0.321 e. The molecule has 0 aliphatic carbocycles. The van der Waals surface area contributed by atoms with Crippen molar-refractivity contribution in [3.8, 4) is 5.75 Å². The summed E-state index contributed by atoms with van der Waals surface area (Å²) in [5.74, 6) is -0.342. The van der Waals surface area contributed by atoms with Crippen LogP contribution in [-0.2, 0) is 31.0 Å². The molecule has 0 saturated heterocycles. The number of ether oxygens (including phenoxy) is 2. The minimum atomic E-state index is -3.88. The molecule has 27 heavy (non-hydrogen) atoms. The van der Waals surface area contributed by atoms with E-state index >= 15 is 0 Å². The molecule has 2 aromatic rings. The zero-order valence-electron chi connectivity index (χ0n) is 14.9. The first-order valence-corrected chi connectivity index (χ1v) is 9.44. The molecule has 8 nitrogen and oxygen atoms in total. The number of amides is 1. The van der Waals surface area contributed by atoms with Gasteiger partial charge in [-0.2, -0.15) is 4.72 Å². The minimum absolute atomic E-state index is 0.00315. The normalized spacial score (nSPS) is 10.9. The van der Waals surface area contributed by atoms with E-state index in [1.54, 1.807) is 24.3 Å². The second-order valence-electron chi connectivity index (χ2n) is 5.54. The zero-order valence-corrected chi connectivity index (χ0v) is 15.7. The second kappa shape index (κ2) is 9.15. The molecule has 0 aromatic heterocycles. The fourth-order valence-electron chi connectivity index (χ4n) is 2.14. The Morgan fingerprint density at radius 1 is 1.07 bits per heavy atom. The number of nitrogens with one attached hydrogen (secondary N) is 2. The molecule has 144 valence electrons. The third kappa shape index (κ3) is 6.39. The molecule has 0 fully saturated rings. The first kappa shape index (κ1) is 20.4. The number of carbonyl (C=O) groups is 2. The third-order valence-corrected chi connectivity index (χ3v) is 4.84. The Balaban J connectivity index is 1.88. The topological polar surface area (TPSA) is 111 Å². The van der Waals surface area contributed by atoms with Crippen molar-refractivity contribution in [3.63, 3.8) is 0 Å². The van der Waals surface area contributed by atoms with Gasteiger partial charge in [-0.25, -0.2) is 8.42 Å². The molecular weight excluding hydrogens is 372 g/mol. The van der Waals surface area contributed by atoms with Crippen LogP contribution in [0.5, 0.6) is 5.75 Å². The van der Waals surface area contributed by atoms with Gasteiger partial charge in [-0.05, 0) is 42.0 Å². The van der Waals surface area contributed by atoms with E-state index in [2.05, 4.69) is 10.0 Å². The number of anilines is 1. The number of carbonyl (C=O) groups excluding carboxylic acids is 2. The molecule has 2 aromatic carbocycles. The maximum absolute atomic E-state index is 12.2. The average molecular weight is 392 g/mol. The number of methoxy groups -OCH3 is 1. The molecule has 0 aliphatic heterocycles. The third-order valence-electron chi connectivity index (χ3n) is 3.43. The Hall–Kier alpha value is -2.91. The number of sulfonamides is 1. The van der Waals surface area contributed by atoms with E-state index in [9.17, 15) is 18.0 Å². The molecule has 2 rings (SSSR count). The van der Waals surface area contributed by atoms with Crippen molar-refractivity contribution in [2.24, 2.45) is 0 Å². The Kier molecular flexibility index (Phi) is 6.91. The van der Waals surface area contributed by atoms with Gasteiger partial charge in [-0.1, -0.05) is 12.1 Å². The maximum Gasteiger partial charge on any atom is 0.321 e. The molecular formula is C18H20N2O6S. The molecule has 2 N–H and O–H groups in total. The highest BCUT2D eigenvalue weighted by atomic mass is 32.2. The molecule has 0 heterocycles. The molecule has 0 spiro atoms. The highest BCUT2D eigenvalue weighted by molar-refractivity contribution is 7.89. The molecule has 0 radical (unpaired) electrons. The van der Waals surface area contributed by atoms with Crippen LogP contribution in [0.1, 0.15) is 12.5 Å². The first-order chi connectivity index (χ1) is 12.8. The number of esters is 1. The van der Waals surface area contributed by atoms with Crippen molar-refractivity contribution in [1.82, 2.24) is 4.72 Å². The summed E-state index contributed by atoms with van der Waals surface area (Å²) in [4.78, 5) is 22.7. The van der Waals surface area contributed by atoms with Gasteiger partial charge >= 0.3 is 5.97 Å². The summed E-state index contributed by atoms with van der Waals surface area (Å²) in [5, 5.41) is 2.54. The van der Waals surface area contributed by atoms with Crippen LogP contribution in [0.3, 0.4) is 0 Å². The van der Waals surface area contributed by atoms with Crippen LogP contribution in [0, 0.1) is 0 Å². The van der Waals surface area contributed by atoms with Gasteiger partial charge in [0.05, 0.1) is 12.0 Å². The SMILES string of the molecule is COc1cccc(COC(=O)CNS(=O)(=O)c2ccc(NC(C)=O)cc2)c1. The lowest BCUT2D eigenvalue weighted by Crippen LogP contribution is -2.30. The Bertz CT molecular complexity index is 910. The van der Waals surface area contributed by atoms with Crippen molar-refractivity contribution in [2.75, 3.05) is 19.0 Å². The standard InChI is InChI=1S/C18H20N2O6S/c1-13(21)20-15-6-8-17(9-7-15)27(23,24)19-11-18(22)26-12-14-4-3-5-16(10-14)25-2/h3-10,19H,11-12H2,1-2H3,(H,20,21). The summed E-state index contributed by atoms with van der Waals surface area (Å²) in [6.45, 7) is 0.853. The van der Waals surface area contributed by atoms with Crippen molar-refractivity contribution in [2.45, 2.75) is 18.4 Å². The van der Waals surface area contributed by atoms with Crippen molar-refractivity contribution in [3.05, 3.63) is 54.1 Å². The van der Waals surface area contributed by atoms with Gasteiger partial charge < -0.3 is 14.8 Å². The summed E-state index contributed by atoms with van der Waals surface area (Å²) in [6.07, 6.45) is 0. The van der Waals surface area contributed by atoms with Gasteiger partial charge in [0.15, 0.2) is 0 Å². The van der Waals surface area contributed by atoms with Gasteiger partial charge in [-0.15, -0.1) is 0 Å². The van der Waals surface area contributed by atoms with E-state index in [4.69, 9.17) is 9.47 Å². The molecule has 0 aliphatic rings. The molecule has 0 atom stereocenters. The highest BCUT2D eigenvalue weighted by Crippen LogP contribution is 2.15.